The van der Waals surface area contributed by atoms with Crippen LogP contribution in [0.25, 0.3) is 0 Å². The van der Waals surface area contributed by atoms with Gasteiger partial charge in [0.2, 0.25) is 5.75 Å². The van der Waals surface area contributed by atoms with E-state index in [2.05, 4.69) is 0 Å². The number of rotatable bonds is 35. The SMILES string of the molecule is COc1ccc(CO[C@@H](C[C@@H]2O[C@H](COCc3ccccc3)[C@@H](OCc3ccccc3)[C@H](OCc3ccccc3)[C@H]2OCc2ccccc2)[C@@H](OC(=O)c2cc(OC)c(OC)c(OC)c2)[C@@H](OCc2ccccc2)[C@H](OCc2ccccc2)[C@@H](O)CO)cc1. The first-order valence-electron chi connectivity index (χ1n) is 29.8. The van der Waals surface area contributed by atoms with Gasteiger partial charge in [0, 0.05) is 6.42 Å². The van der Waals surface area contributed by atoms with Crippen LogP contribution in [0, 0.1) is 0 Å². The van der Waals surface area contributed by atoms with Crippen molar-refractivity contribution in [3.63, 3.8) is 0 Å². The van der Waals surface area contributed by atoms with Crippen molar-refractivity contribution in [3.8, 4) is 23.0 Å². The molecular formula is C73H80O16. The fourth-order valence-corrected chi connectivity index (χ4v) is 10.7. The van der Waals surface area contributed by atoms with Crippen LogP contribution in [-0.2, 0) is 88.9 Å². The first-order chi connectivity index (χ1) is 43.7. The number of hydrogen-bond donors (Lipinski definition) is 2. The minimum atomic E-state index is -1.60. The van der Waals surface area contributed by atoms with Gasteiger partial charge in [-0.2, -0.15) is 0 Å². The number of hydrogen-bond acceptors (Lipinski definition) is 16. The van der Waals surface area contributed by atoms with Crippen LogP contribution in [0.15, 0.2) is 218 Å². The Kier molecular flexibility index (Phi) is 25.5. The molecule has 10 atom stereocenters. The van der Waals surface area contributed by atoms with Crippen molar-refractivity contribution in [2.75, 3.05) is 41.7 Å². The van der Waals surface area contributed by atoms with Gasteiger partial charge in [0.15, 0.2) is 17.6 Å². The maximum atomic E-state index is 15.5. The summed E-state index contributed by atoms with van der Waals surface area (Å²) in [6.45, 7) is -0.0550. The van der Waals surface area contributed by atoms with Crippen molar-refractivity contribution in [1.82, 2.24) is 0 Å². The van der Waals surface area contributed by atoms with E-state index in [1.165, 1.54) is 33.5 Å². The number of aliphatic hydroxyl groups excluding tert-OH is 2. The second-order valence-corrected chi connectivity index (χ2v) is 21.5. The van der Waals surface area contributed by atoms with Crippen LogP contribution in [0.4, 0.5) is 0 Å². The zero-order valence-electron chi connectivity index (χ0n) is 50.7. The Balaban J connectivity index is 1.22. The van der Waals surface area contributed by atoms with E-state index in [4.69, 9.17) is 61.6 Å². The van der Waals surface area contributed by atoms with E-state index in [0.29, 0.717) is 5.75 Å². The van der Waals surface area contributed by atoms with E-state index < -0.39 is 73.6 Å². The normalized spacial score (nSPS) is 18.2. The van der Waals surface area contributed by atoms with Gasteiger partial charge >= 0.3 is 5.97 Å². The zero-order valence-corrected chi connectivity index (χ0v) is 50.7. The number of carbonyl (C=O) groups is 1. The van der Waals surface area contributed by atoms with E-state index >= 15 is 4.79 Å². The average Bonchev–Trinajstić information content (AvgIpc) is 3.34. The first kappa shape index (κ1) is 65.5. The number of aliphatic hydroxyl groups is 2. The largest absolute Gasteiger partial charge is 0.497 e. The van der Waals surface area contributed by atoms with Gasteiger partial charge in [0.05, 0.1) is 99.6 Å². The summed E-state index contributed by atoms with van der Waals surface area (Å²) >= 11 is 0. The quantitative estimate of drug-likeness (QED) is 0.0358. The van der Waals surface area contributed by atoms with Crippen molar-refractivity contribution < 1.29 is 76.6 Å². The molecule has 1 saturated heterocycles. The summed E-state index contributed by atoms with van der Waals surface area (Å²) in [5.41, 5.74) is 5.98. The Morgan fingerprint density at radius 2 is 0.843 bits per heavy atom. The molecule has 0 amide bonds. The molecule has 89 heavy (non-hydrogen) atoms. The average molecular weight is 1210 g/mol. The third-order valence-corrected chi connectivity index (χ3v) is 15.4. The highest BCUT2D eigenvalue weighted by molar-refractivity contribution is 5.91. The third kappa shape index (κ3) is 19.0. The minimum absolute atomic E-state index is 0.0195. The molecule has 9 rings (SSSR count). The summed E-state index contributed by atoms with van der Waals surface area (Å²) < 4.78 is 86.3. The molecule has 0 bridgehead atoms. The Morgan fingerprint density at radius 1 is 0.438 bits per heavy atom. The lowest BCUT2D eigenvalue weighted by atomic mass is 9.88. The topological polar surface area (TPSA) is 178 Å². The van der Waals surface area contributed by atoms with Gasteiger partial charge < -0.3 is 71.8 Å². The molecule has 0 aliphatic carbocycles. The second kappa shape index (κ2) is 34.7. The Morgan fingerprint density at radius 3 is 1.28 bits per heavy atom. The summed E-state index contributed by atoms with van der Waals surface area (Å²) in [6.07, 6.45) is -11.6. The van der Waals surface area contributed by atoms with Crippen molar-refractivity contribution in [2.45, 2.75) is 114 Å². The fourth-order valence-electron chi connectivity index (χ4n) is 10.7. The van der Waals surface area contributed by atoms with Crippen molar-refractivity contribution in [3.05, 3.63) is 263 Å². The molecule has 0 unspecified atom stereocenters. The molecule has 1 heterocycles. The van der Waals surface area contributed by atoms with Crippen LogP contribution < -0.4 is 18.9 Å². The fraction of sp³-hybridized carbons (Fsp3) is 0.329. The van der Waals surface area contributed by atoms with Gasteiger partial charge in [-0.25, -0.2) is 4.79 Å². The van der Waals surface area contributed by atoms with Gasteiger partial charge in [-0.3, -0.25) is 0 Å². The van der Waals surface area contributed by atoms with Crippen LogP contribution in [-0.4, -0.2) is 119 Å². The van der Waals surface area contributed by atoms with Crippen molar-refractivity contribution >= 4 is 5.97 Å². The molecule has 0 radical (unpaired) electrons. The number of benzene rings is 8. The summed E-state index contributed by atoms with van der Waals surface area (Å²) in [5.74, 6) is 0.418. The Bertz CT molecular complexity index is 3250. The van der Waals surface area contributed by atoms with Gasteiger partial charge in [-0.05, 0) is 63.2 Å². The lowest BCUT2D eigenvalue weighted by Gasteiger charge is -2.48. The molecule has 16 nitrogen and oxygen atoms in total. The molecule has 1 aliphatic heterocycles. The first-order valence-corrected chi connectivity index (χ1v) is 29.8. The standard InChI is InChI=1S/C73H80O16/c1-77-59-37-35-57(36-38-59)44-82-63(70(89-73(76)58-39-61(78-2)67(80-4)62(40-58)79-3)71(86-48-55-31-19-9-20-32-55)66(60(75)42-74)83-45-52-25-13-6-14-26-52)41-64-68(84-46-53-27-15-7-16-28-53)72(87-49-56-33-21-10-22-34-56)69(85-47-54-29-17-8-18-30-54)65(88-64)50-81-43-51-23-11-5-12-24-51/h5-40,60,63-66,68-72,74-75H,41-50H2,1-4H3/t60-,63-,64-,65+,66+,68-,69+,70+,71-,72+/m0/s1. The third-order valence-electron chi connectivity index (χ3n) is 15.4. The highest BCUT2D eigenvalue weighted by Crippen LogP contribution is 2.40. The second-order valence-electron chi connectivity index (χ2n) is 21.5. The number of ether oxygens (including phenoxy) is 13. The van der Waals surface area contributed by atoms with Gasteiger partial charge in [-0.15, -0.1) is 0 Å². The van der Waals surface area contributed by atoms with Gasteiger partial charge in [0.25, 0.3) is 0 Å². The van der Waals surface area contributed by atoms with E-state index in [0.717, 1.165) is 38.9 Å². The Hall–Kier alpha value is -7.97. The summed E-state index contributed by atoms with van der Waals surface area (Å²) in [4.78, 5) is 15.5. The molecule has 2 N–H and O–H groups in total. The summed E-state index contributed by atoms with van der Waals surface area (Å²) in [6, 6.07) is 68.7. The molecule has 8 aromatic carbocycles. The minimum Gasteiger partial charge on any atom is -0.497 e. The predicted octanol–water partition coefficient (Wildman–Crippen LogP) is 11.5. The smallest absolute Gasteiger partial charge is 0.338 e. The monoisotopic (exact) mass is 1210 g/mol. The maximum Gasteiger partial charge on any atom is 0.338 e. The molecule has 16 heteroatoms. The van der Waals surface area contributed by atoms with E-state index in [1.54, 1.807) is 7.11 Å². The predicted molar refractivity (Wildman–Crippen MR) is 334 cm³/mol. The number of methoxy groups -OCH3 is 4. The highest BCUT2D eigenvalue weighted by Gasteiger charge is 2.52. The summed E-state index contributed by atoms with van der Waals surface area (Å²) in [7, 11) is 5.96. The lowest BCUT2D eigenvalue weighted by Crippen LogP contribution is -2.62. The van der Waals surface area contributed by atoms with Crippen LogP contribution in [0.3, 0.4) is 0 Å². The van der Waals surface area contributed by atoms with E-state index in [9.17, 15) is 10.2 Å². The van der Waals surface area contributed by atoms with Gasteiger partial charge in [-0.1, -0.05) is 194 Å². The molecule has 8 aromatic rings. The highest BCUT2D eigenvalue weighted by atomic mass is 16.6. The molecule has 468 valence electrons. The molecule has 0 saturated carbocycles. The van der Waals surface area contributed by atoms with Gasteiger partial charge in [0.1, 0.15) is 54.6 Å². The number of carbonyl (C=O) groups excluding carboxylic acids is 1. The summed E-state index contributed by atoms with van der Waals surface area (Å²) in [5, 5.41) is 23.3. The van der Waals surface area contributed by atoms with Crippen LogP contribution in [0.1, 0.15) is 55.7 Å². The van der Waals surface area contributed by atoms with Crippen molar-refractivity contribution in [2.24, 2.45) is 0 Å². The van der Waals surface area contributed by atoms with E-state index in [1.807, 2.05) is 206 Å². The number of esters is 1. The molecule has 0 spiro atoms. The molecular weight excluding hydrogens is 1130 g/mol. The molecule has 1 aliphatic rings. The van der Waals surface area contributed by atoms with Crippen molar-refractivity contribution in [1.29, 1.82) is 0 Å². The molecule has 0 aromatic heterocycles. The van der Waals surface area contributed by atoms with Crippen LogP contribution in [0.5, 0.6) is 23.0 Å². The van der Waals surface area contributed by atoms with Crippen LogP contribution >= 0.6 is 0 Å². The van der Waals surface area contributed by atoms with E-state index in [-0.39, 0.29) is 82.1 Å². The van der Waals surface area contributed by atoms with Crippen LogP contribution in [0.2, 0.25) is 0 Å². The Labute approximate surface area is 521 Å². The maximum absolute atomic E-state index is 15.5. The zero-order chi connectivity index (χ0) is 62.0. The molecule has 1 fully saturated rings. The lowest BCUT2D eigenvalue weighted by molar-refractivity contribution is -0.280.